The first-order valence-corrected chi connectivity index (χ1v) is 9.54. The average molecular weight is 342 g/mol. The molecule has 4 rings (SSSR count). The summed E-state index contributed by atoms with van der Waals surface area (Å²) in [5, 5.41) is 0. The van der Waals surface area contributed by atoms with Gasteiger partial charge in [-0.1, -0.05) is 6.92 Å². The van der Waals surface area contributed by atoms with Crippen LogP contribution in [-0.4, -0.2) is 60.7 Å². The van der Waals surface area contributed by atoms with Crippen molar-refractivity contribution in [2.24, 2.45) is 0 Å². The van der Waals surface area contributed by atoms with Gasteiger partial charge in [-0.15, -0.1) is 0 Å². The molecule has 2 aromatic heterocycles. The first-order valence-electron chi connectivity index (χ1n) is 9.54. The number of hydrogen-bond donors (Lipinski definition) is 0. The van der Waals surface area contributed by atoms with Crippen molar-refractivity contribution in [1.29, 1.82) is 0 Å². The van der Waals surface area contributed by atoms with Crippen LogP contribution < -0.4 is 4.90 Å². The molecule has 0 amide bonds. The van der Waals surface area contributed by atoms with Crippen LogP contribution in [0, 0.1) is 0 Å². The van der Waals surface area contributed by atoms with Gasteiger partial charge in [0.05, 0.1) is 11.2 Å². The number of piperidine rings is 1. The molecule has 0 aromatic carbocycles. The van der Waals surface area contributed by atoms with Gasteiger partial charge in [0, 0.05) is 57.7 Å². The molecule has 2 aliphatic rings. The Morgan fingerprint density at radius 2 is 2.08 bits per heavy atom. The molecule has 0 radical (unpaired) electrons. The fourth-order valence-corrected chi connectivity index (χ4v) is 4.50. The third kappa shape index (κ3) is 3.15. The van der Waals surface area contributed by atoms with E-state index in [1.165, 1.54) is 43.4 Å². The SMILES string of the molecule is CN(C)c1nc(C2(C)CCCN(C3CCOCC3)C2)cn2cccc12. The van der Waals surface area contributed by atoms with Crippen LogP contribution >= 0.6 is 0 Å². The molecule has 4 heterocycles. The minimum atomic E-state index is 0.111. The van der Waals surface area contributed by atoms with E-state index in [9.17, 15) is 0 Å². The molecular weight excluding hydrogens is 312 g/mol. The Labute approximate surface area is 150 Å². The third-order valence-electron chi connectivity index (χ3n) is 5.97. The molecule has 136 valence electrons. The average Bonchev–Trinajstić information content (AvgIpc) is 3.10. The molecule has 5 nitrogen and oxygen atoms in total. The van der Waals surface area contributed by atoms with Gasteiger partial charge in [-0.25, -0.2) is 4.98 Å². The maximum atomic E-state index is 5.56. The topological polar surface area (TPSA) is 33.0 Å². The van der Waals surface area contributed by atoms with Crippen LogP contribution in [0.1, 0.15) is 38.3 Å². The predicted molar refractivity (Wildman–Crippen MR) is 102 cm³/mol. The number of anilines is 1. The van der Waals surface area contributed by atoms with Crippen molar-refractivity contribution >= 4 is 11.3 Å². The summed E-state index contributed by atoms with van der Waals surface area (Å²) >= 11 is 0. The highest BCUT2D eigenvalue weighted by molar-refractivity contribution is 5.69. The van der Waals surface area contributed by atoms with E-state index in [-0.39, 0.29) is 5.41 Å². The quantitative estimate of drug-likeness (QED) is 0.859. The van der Waals surface area contributed by atoms with Crippen LogP contribution in [0.5, 0.6) is 0 Å². The second-order valence-corrected chi connectivity index (χ2v) is 8.12. The van der Waals surface area contributed by atoms with Crippen LogP contribution in [0.3, 0.4) is 0 Å². The van der Waals surface area contributed by atoms with E-state index >= 15 is 0 Å². The zero-order valence-electron chi connectivity index (χ0n) is 15.7. The Balaban J connectivity index is 1.66. The Morgan fingerprint density at radius 3 is 2.84 bits per heavy atom. The van der Waals surface area contributed by atoms with Crippen molar-refractivity contribution in [1.82, 2.24) is 14.3 Å². The monoisotopic (exact) mass is 342 g/mol. The van der Waals surface area contributed by atoms with Crippen molar-refractivity contribution in [3.63, 3.8) is 0 Å². The maximum Gasteiger partial charge on any atom is 0.152 e. The Kier molecular flexibility index (Phi) is 4.46. The Morgan fingerprint density at radius 1 is 1.28 bits per heavy atom. The molecule has 0 spiro atoms. The Bertz CT molecular complexity index is 734. The molecular formula is C20H30N4O. The molecule has 25 heavy (non-hydrogen) atoms. The van der Waals surface area contributed by atoms with Crippen LogP contribution in [-0.2, 0) is 10.2 Å². The molecule has 0 saturated carbocycles. The van der Waals surface area contributed by atoms with Crippen molar-refractivity contribution in [3.05, 3.63) is 30.2 Å². The van der Waals surface area contributed by atoms with Gasteiger partial charge in [0.2, 0.25) is 0 Å². The smallest absolute Gasteiger partial charge is 0.152 e. The normalized spacial score (nSPS) is 26.2. The largest absolute Gasteiger partial charge is 0.381 e. The highest BCUT2D eigenvalue weighted by Crippen LogP contribution is 2.36. The Hall–Kier alpha value is -1.59. The number of fused-ring (bicyclic) bond motifs is 1. The summed E-state index contributed by atoms with van der Waals surface area (Å²) in [6.07, 6.45) is 9.17. The first-order chi connectivity index (χ1) is 12.1. The number of nitrogens with zero attached hydrogens (tertiary/aromatic N) is 4. The number of rotatable bonds is 3. The van der Waals surface area contributed by atoms with Crippen LogP contribution in [0.15, 0.2) is 24.5 Å². The zero-order chi connectivity index (χ0) is 17.4. The summed E-state index contributed by atoms with van der Waals surface area (Å²) in [7, 11) is 4.16. The van der Waals surface area contributed by atoms with E-state index in [2.05, 4.69) is 59.7 Å². The third-order valence-corrected chi connectivity index (χ3v) is 5.97. The zero-order valence-corrected chi connectivity index (χ0v) is 15.7. The first kappa shape index (κ1) is 16.9. The van der Waals surface area contributed by atoms with Crippen LogP contribution in [0.25, 0.3) is 5.52 Å². The summed E-state index contributed by atoms with van der Waals surface area (Å²) in [4.78, 5) is 9.92. The second-order valence-electron chi connectivity index (χ2n) is 8.12. The molecule has 0 aliphatic carbocycles. The summed E-state index contributed by atoms with van der Waals surface area (Å²) in [6, 6.07) is 4.92. The molecule has 2 saturated heterocycles. The van der Waals surface area contributed by atoms with E-state index in [1.807, 2.05) is 0 Å². The fourth-order valence-electron chi connectivity index (χ4n) is 4.50. The summed E-state index contributed by atoms with van der Waals surface area (Å²) in [6.45, 7) is 6.54. The minimum absolute atomic E-state index is 0.111. The molecule has 2 aromatic rings. The van der Waals surface area contributed by atoms with E-state index in [0.29, 0.717) is 6.04 Å². The maximum absolute atomic E-state index is 5.56. The fraction of sp³-hybridized carbons (Fsp3) is 0.650. The van der Waals surface area contributed by atoms with E-state index in [0.717, 1.165) is 25.6 Å². The van der Waals surface area contributed by atoms with Gasteiger partial charge in [-0.2, -0.15) is 0 Å². The lowest BCUT2D eigenvalue weighted by molar-refractivity contribution is 0.0135. The summed E-state index contributed by atoms with van der Waals surface area (Å²) in [5.74, 6) is 1.06. The molecule has 5 heteroatoms. The van der Waals surface area contributed by atoms with E-state index in [4.69, 9.17) is 9.72 Å². The van der Waals surface area contributed by atoms with E-state index < -0.39 is 0 Å². The molecule has 2 fully saturated rings. The molecule has 1 atom stereocenters. The number of aromatic nitrogens is 2. The highest BCUT2D eigenvalue weighted by atomic mass is 16.5. The standard InChI is InChI=1S/C20H30N4O/c1-20(9-5-11-24(15-20)16-7-12-25-13-8-16)18-14-23-10-4-6-17(23)19(21-18)22(2)3/h4,6,10,14,16H,5,7-9,11-13,15H2,1-3H3. The van der Waals surface area contributed by atoms with Crippen LogP contribution in [0.2, 0.25) is 0 Å². The van der Waals surface area contributed by atoms with E-state index in [1.54, 1.807) is 0 Å². The lowest BCUT2D eigenvalue weighted by Crippen LogP contribution is -2.50. The number of likely N-dealkylation sites (tertiary alicyclic amines) is 1. The lowest BCUT2D eigenvalue weighted by atomic mass is 9.78. The van der Waals surface area contributed by atoms with Gasteiger partial charge in [0.15, 0.2) is 5.82 Å². The predicted octanol–water partition coefficient (Wildman–Crippen LogP) is 2.93. The molecule has 2 aliphatic heterocycles. The molecule has 1 unspecified atom stereocenters. The highest BCUT2D eigenvalue weighted by Gasteiger charge is 2.37. The van der Waals surface area contributed by atoms with Crippen molar-refractivity contribution in [2.75, 3.05) is 45.3 Å². The minimum Gasteiger partial charge on any atom is -0.381 e. The van der Waals surface area contributed by atoms with Crippen molar-refractivity contribution < 1.29 is 4.74 Å². The van der Waals surface area contributed by atoms with Gasteiger partial charge in [-0.3, -0.25) is 4.90 Å². The van der Waals surface area contributed by atoms with Crippen LogP contribution in [0.4, 0.5) is 5.82 Å². The lowest BCUT2D eigenvalue weighted by Gasteiger charge is -2.44. The van der Waals surface area contributed by atoms with Crippen molar-refractivity contribution in [3.8, 4) is 0 Å². The second kappa shape index (κ2) is 6.61. The van der Waals surface area contributed by atoms with Gasteiger partial charge in [0.25, 0.3) is 0 Å². The van der Waals surface area contributed by atoms with Gasteiger partial charge in [0.1, 0.15) is 0 Å². The van der Waals surface area contributed by atoms with Gasteiger partial charge < -0.3 is 14.0 Å². The van der Waals surface area contributed by atoms with Gasteiger partial charge in [-0.05, 0) is 44.4 Å². The summed E-state index contributed by atoms with van der Waals surface area (Å²) < 4.78 is 7.79. The number of hydrogen-bond acceptors (Lipinski definition) is 4. The van der Waals surface area contributed by atoms with Crippen molar-refractivity contribution in [2.45, 2.75) is 44.1 Å². The number of ether oxygens (including phenoxy) is 1. The molecule has 0 bridgehead atoms. The summed E-state index contributed by atoms with van der Waals surface area (Å²) in [5.41, 5.74) is 2.51. The van der Waals surface area contributed by atoms with Gasteiger partial charge >= 0.3 is 0 Å². The molecule has 0 N–H and O–H groups in total.